The van der Waals surface area contributed by atoms with Gasteiger partial charge in [0, 0.05) is 9.75 Å². The van der Waals surface area contributed by atoms with Gasteiger partial charge in [0.05, 0.1) is 25.6 Å². The van der Waals surface area contributed by atoms with Crippen molar-refractivity contribution < 1.29 is 18.3 Å². The van der Waals surface area contributed by atoms with E-state index >= 15 is 0 Å². The minimum absolute atomic E-state index is 0.167. The smallest absolute Gasteiger partial charge is 0.294 e. The van der Waals surface area contributed by atoms with Crippen LogP contribution >= 0.6 is 11.3 Å². The number of thiophene rings is 1. The van der Waals surface area contributed by atoms with Crippen molar-refractivity contribution in [1.29, 1.82) is 0 Å². The molecule has 0 radical (unpaired) electrons. The van der Waals surface area contributed by atoms with E-state index in [4.69, 9.17) is 9.15 Å². The van der Waals surface area contributed by atoms with Gasteiger partial charge >= 0.3 is 0 Å². The van der Waals surface area contributed by atoms with Crippen LogP contribution in [0.5, 0.6) is 5.75 Å². The quantitative estimate of drug-likeness (QED) is 0.393. The Balaban J connectivity index is 1.63. The van der Waals surface area contributed by atoms with Crippen molar-refractivity contribution in [3.63, 3.8) is 0 Å². The van der Waals surface area contributed by atoms with Crippen LogP contribution in [0, 0.1) is 5.82 Å². The maximum atomic E-state index is 14.5. The largest absolute Gasteiger partial charge is 0.497 e. The van der Waals surface area contributed by atoms with Crippen molar-refractivity contribution >= 4 is 22.9 Å². The zero-order valence-corrected chi connectivity index (χ0v) is 16.5. The average molecular weight is 407 g/mol. The van der Waals surface area contributed by atoms with Gasteiger partial charge in [0.2, 0.25) is 0 Å². The lowest BCUT2D eigenvalue weighted by atomic mass is 10.2. The minimum atomic E-state index is -0.459. The molecule has 0 bridgehead atoms. The molecule has 4 aromatic rings. The molecular weight excluding hydrogens is 389 g/mol. The molecule has 0 spiro atoms. The normalized spacial score (nSPS) is 10.7. The molecule has 0 fully saturated rings. The molecule has 0 saturated heterocycles. The van der Waals surface area contributed by atoms with Gasteiger partial charge in [0.15, 0.2) is 5.76 Å². The van der Waals surface area contributed by atoms with Crippen molar-refractivity contribution in [2.75, 3.05) is 12.0 Å². The second-order valence-corrected chi connectivity index (χ2v) is 7.48. The zero-order chi connectivity index (χ0) is 20.2. The SMILES string of the molecule is COc1ccc(-c2ccc(CN(C(=O)c3ccco3)c3ccccc3F)s2)cc1. The molecule has 2 aromatic heterocycles. The summed E-state index contributed by atoms with van der Waals surface area (Å²) in [4.78, 5) is 16.4. The molecule has 0 aliphatic heterocycles. The summed E-state index contributed by atoms with van der Waals surface area (Å²) >= 11 is 1.56. The summed E-state index contributed by atoms with van der Waals surface area (Å²) in [5.41, 5.74) is 1.27. The van der Waals surface area contributed by atoms with Crippen molar-refractivity contribution in [1.82, 2.24) is 0 Å². The highest BCUT2D eigenvalue weighted by atomic mass is 32.1. The third kappa shape index (κ3) is 4.07. The lowest BCUT2D eigenvalue weighted by Crippen LogP contribution is -2.30. The van der Waals surface area contributed by atoms with Crippen LogP contribution in [0.4, 0.5) is 10.1 Å². The summed E-state index contributed by atoms with van der Waals surface area (Å²) in [6, 6.07) is 21.2. The number of benzene rings is 2. The lowest BCUT2D eigenvalue weighted by molar-refractivity contribution is 0.0957. The van der Waals surface area contributed by atoms with E-state index in [1.165, 1.54) is 17.2 Å². The number of ether oxygens (including phenoxy) is 1. The number of rotatable bonds is 6. The molecule has 0 N–H and O–H groups in total. The Kier molecular flexibility index (Phi) is 5.44. The monoisotopic (exact) mass is 407 g/mol. The maximum Gasteiger partial charge on any atom is 0.294 e. The van der Waals surface area contributed by atoms with Crippen LogP contribution < -0.4 is 9.64 Å². The van der Waals surface area contributed by atoms with E-state index < -0.39 is 5.82 Å². The van der Waals surface area contributed by atoms with Crippen LogP contribution in [0.25, 0.3) is 10.4 Å². The fourth-order valence-corrected chi connectivity index (χ4v) is 4.00. The zero-order valence-electron chi connectivity index (χ0n) is 15.7. The number of hydrogen-bond donors (Lipinski definition) is 0. The van der Waals surface area contributed by atoms with Gasteiger partial charge in [-0.15, -0.1) is 11.3 Å². The highest BCUT2D eigenvalue weighted by Gasteiger charge is 2.23. The number of furan rings is 1. The topological polar surface area (TPSA) is 42.7 Å². The fraction of sp³-hybridized carbons (Fsp3) is 0.0870. The second kappa shape index (κ2) is 8.32. The fourth-order valence-electron chi connectivity index (χ4n) is 3.00. The average Bonchev–Trinajstić information content (AvgIpc) is 3.45. The third-order valence-corrected chi connectivity index (χ3v) is 5.59. The number of nitrogens with zero attached hydrogens (tertiary/aromatic N) is 1. The molecule has 0 aliphatic carbocycles. The molecule has 29 heavy (non-hydrogen) atoms. The Bertz CT molecular complexity index is 1100. The second-order valence-electron chi connectivity index (χ2n) is 6.31. The Morgan fingerprint density at radius 1 is 1.03 bits per heavy atom. The number of para-hydroxylation sites is 1. The summed E-state index contributed by atoms with van der Waals surface area (Å²) < 4.78 is 24.9. The molecule has 4 rings (SSSR count). The van der Waals surface area contributed by atoms with Gasteiger partial charge in [-0.3, -0.25) is 9.69 Å². The molecule has 1 amide bonds. The van der Waals surface area contributed by atoms with Gasteiger partial charge in [0.1, 0.15) is 11.6 Å². The van der Waals surface area contributed by atoms with Crippen molar-refractivity contribution in [3.05, 3.63) is 95.5 Å². The molecule has 0 unspecified atom stereocenters. The number of anilines is 1. The van der Waals surface area contributed by atoms with Crippen molar-refractivity contribution in [2.45, 2.75) is 6.54 Å². The van der Waals surface area contributed by atoms with Crippen LogP contribution in [0.15, 0.2) is 83.5 Å². The first-order valence-corrected chi connectivity index (χ1v) is 9.80. The first kappa shape index (κ1) is 19.0. The Hall–Kier alpha value is -3.38. The number of hydrogen-bond acceptors (Lipinski definition) is 4. The standard InChI is InChI=1S/C23H18FNO3S/c1-27-17-10-8-16(9-11-17)22-13-12-18(29-22)15-25(20-6-3-2-5-19(20)24)23(26)21-7-4-14-28-21/h2-14H,15H2,1H3. The van der Waals surface area contributed by atoms with Crippen LogP contribution in [-0.2, 0) is 6.54 Å². The summed E-state index contributed by atoms with van der Waals surface area (Å²) in [6.45, 7) is 0.237. The van der Waals surface area contributed by atoms with Crippen LogP contribution in [0.1, 0.15) is 15.4 Å². The highest BCUT2D eigenvalue weighted by molar-refractivity contribution is 7.15. The summed E-state index contributed by atoms with van der Waals surface area (Å²) in [5.74, 6) is 0.110. The Morgan fingerprint density at radius 2 is 1.83 bits per heavy atom. The summed E-state index contributed by atoms with van der Waals surface area (Å²) in [5, 5.41) is 0. The van der Waals surface area contributed by atoms with E-state index in [9.17, 15) is 9.18 Å². The Morgan fingerprint density at radius 3 is 2.52 bits per heavy atom. The number of carbonyl (C=O) groups is 1. The molecule has 0 saturated carbocycles. The van der Waals surface area contributed by atoms with Crippen LogP contribution in [0.3, 0.4) is 0 Å². The minimum Gasteiger partial charge on any atom is -0.497 e. The van der Waals surface area contributed by atoms with Crippen LogP contribution in [0.2, 0.25) is 0 Å². The molecule has 0 aliphatic rings. The number of halogens is 1. The third-order valence-electron chi connectivity index (χ3n) is 4.47. The van der Waals surface area contributed by atoms with Gasteiger partial charge < -0.3 is 9.15 Å². The first-order valence-electron chi connectivity index (χ1n) is 8.99. The first-order chi connectivity index (χ1) is 14.2. The van der Waals surface area contributed by atoms with Gasteiger partial charge in [-0.2, -0.15) is 0 Å². The van der Waals surface area contributed by atoms with E-state index in [0.717, 1.165) is 21.1 Å². The Labute approximate surface area is 171 Å². The van der Waals surface area contributed by atoms with Gasteiger partial charge in [-0.05, 0) is 66.2 Å². The summed E-state index contributed by atoms with van der Waals surface area (Å²) in [6.07, 6.45) is 1.43. The number of amides is 1. The summed E-state index contributed by atoms with van der Waals surface area (Å²) in [7, 11) is 1.63. The predicted octanol–water partition coefficient (Wildman–Crippen LogP) is 6.00. The highest BCUT2D eigenvalue weighted by Crippen LogP contribution is 2.32. The molecule has 2 heterocycles. The predicted molar refractivity (Wildman–Crippen MR) is 112 cm³/mol. The number of carbonyl (C=O) groups excluding carboxylic acids is 1. The van der Waals surface area contributed by atoms with Crippen LogP contribution in [-0.4, -0.2) is 13.0 Å². The van der Waals surface area contributed by atoms with E-state index in [2.05, 4.69) is 0 Å². The molecule has 4 nitrogen and oxygen atoms in total. The van der Waals surface area contributed by atoms with E-state index in [-0.39, 0.29) is 23.9 Å². The van der Waals surface area contributed by atoms with Crippen molar-refractivity contribution in [3.8, 4) is 16.2 Å². The molecule has 2 aromatic carbocycles. The van der Waals surface area contributed by atoms with E-state index in [0.29, 0.717) is 0 Å². The number of methoxy groups -OCH3 is 1. The van der Waals surface area contributed by atoms with E-state index in [1.807, 2.05) is 36.4 Å². The molecular formula is C23H18FNO3S. The maximum absolute atomic E-state index is 14.5. The molecule has 6 heteroatoms. The van der Waals surface area contributed by atoms with E-state index in [1.54, 1.807) is 48.8 Å². The molecule has 146 valence electrons. The van der Waals surface area contributed by atoms with Gasteiger partial charge in [-0.1, -0.05) is 12.1 Å². The lowest BCUT2D eigenvalue weighted by Gasteiger charge is -2.21. The van der Waals surface area contributed by atoms with Crippen molar-refractivity contribution in [2.24, 2.45) is 0 Å². The van der Waals surface area contributed by atoms with Gasteiger partial charge in [0.25, 0.3) is 5.91 Å². The van der Waals surface area contributed by atoms with Gasteiger partial charge in [-0.25, -0.2) is 4.39 Å². The molecule has 0 atom stereocenters.